The van der Waals surface area contributed by atoms with E-state index in [4.69, 9.17) is 5.73 Å². The first-order chi connectivity index (χ1) is 12.4. The number of ketones is 1. The van der Waals surface area contributed by atoms with Crippen LogP contribution in [0, 0.1) is 6.92 Å². The minimum atomic E-state index is -0.571. The quantitative estimate of drug-likeness (QED) is 0.256. The van der Waals surface area contributed by atoms with Crippen LogP contribution in [0.5, 0.6) is 0 Å². The van der Waals surface area contributed by atoms with Crippen LogP contribution in [0.25, 0.3) is 16.6 Å². The SMILES string of the molecule is CC(=O)O/N=C(\C)C(=O)c1c(C)n(-c2ccc(N)cc2)c2ccccc12. The Morgan fingerprint density at radius 2 is 1.69 bits per heavy atom. The molecule has 3 aromatic rings. The van der Waals surface area contributed by atoms with E-state index in [0.717, 1.165) is 22.3 Å². The van der Waals surface area contributed by atoms with Crippen molar-refractivity contribution in [3.63, 3.8) is 0 Å². The number of Topliss-reactive ketones (excluding diaryl/α,β-unsaturated/α-hetero) is 1. The molecule has 0 aliphatic rings. The highest BCUT2D eigenvalue weighted by Gasteiger charge is 2.22. The summed E-state index contributed by atoms with van der Waals surface area (Å²) < 4.78 is 2.00. The fourth-order valence-corrected chi connectivity index (χ4v) is 2.97. The van der Waals surface area contributed by atoms with E-state index in [-0.39, 0.29) is 11.5 Å². The lowest BCUT2D eigenvalue weighted by Crippen LogP contribution is -2.13. The van der Waals surface area contributed by atoms with E-state index in [9.17, 15) is 9.59 Å². The zero-order valence-corrected chi connectivity index (χ0v) is 14.8. The van der Waals surface area contributed by atoms with Gasteiger partial charge in [-0.2, -0.15) is 0 Å². The lowest BCUT2D eigenvalue weighted by Gasteiger charge is -2.09. The number of benzene rings is 2. The van der Waals surface area contributed by atoms with Gasteiger partial charge in [0.1, 0.15) is 5.71 Å². The zero-order chi connectivity index (χ0) is 18.8. The van der Waals surface area contributed by atoms with Gasteiger partial charge in [0.2, 0.25) is 5.78 Å². The van der Waals surface area contributed by atoms with E-state index in [1.165, 1.54) is 13.8 Å². The predicted octanol–water partition coefficient (Wildman–Crippen LogP) is 3.64. The number of hydrogen-bond donors (Lipinski definition) is 1. The maximum absolute atomic E-state index is 12.9. The van der Waals surface area contributed by atoms with Crippen LogP contribution < -0.4 is 5.73 Å². The number of nitrogens with zero attached hydrogens (tertiary/aromatic N) is 2. The molecule has 0 fully saturated rings. The van der Waals surface area contributed by atoms with Gasteiger partial charge in [0.25, 0.3) is 0 Å². The molecule has 0 amide bonds. The van der Waals surface area contributed by atoms with Crippen molar-refractivity contribution in [1.29, 1.82) is 0 Å². The van der Waals surface area contributed by atoms with Gasteiger partial charge in [0, 0.05) is 29.4 Å². The number of para-hydroxylation sites is 1. The predicted molar refractivity (Wildman–Crippen MR) is 102 cm³/mol. The van der Waals surface area contributed by atoms with Crippen LogP contribution in [-0.4, -0.2) is 22.0 Å². The monoisotopic (exact) mass is 349 g/mol. The topological polar surface area (TPSA) is 86.7 Å². The van der Waals surface area contributed by atoms with E-state index >= 15 is 0 Å². The second kappa shape index (κ2) is 6.84. The Balaban J connectivity index is 2.20. The van der Waals surface area contributed by atoms with Gasteiger partial charge in [0.05, 0.1) is 11.1 Å². The Kier molecular flexibility index (Phi) is 4.58. The standard InChI is InChI=1S/C20H19N3O3/c1-12(22-26-14(3)24)20(25)19-13(2)23(16-10-8-15(21)9-11-16)18-7-5-4-6-17(18)19/h4-11H,21H2,1-3H3/b22-12+. The number of nitrogen functional groups attached to an aromatic ring is 1. The fourth-order valence-electron chi connectivity index (χ4n) is 2.97. The Morgan fingerprint density at radius 3 is 2.35 bits per heavy atom. The number of oxime groups is 1. The summed E-state index contributed by atoms with van der Waals surface area (Å²) in [4.78, 5) is 28.5. The average molecular weight is 349 g/mol. The molecule has 132 valence electrons. The van der Waals surface area contributed by atoms with Crippen molar-refractivity contribution >= 4 is 34.1 Å². The number of carbonyl (C=O) groups is 2. The molecule has 0 atom stereocenters. The van der Waals surface area contributed by atoms with Gasteiger partial charge in [-0.3, -0.25) is 4.79 Å². The van der Waals surface area contributed by atoms with Gasteiger partial charge in [-0.15, -0.1) is 0 Å². The summed E-state index contributed by atoms with van der Waals surface area (Å²) >= 11 is 0. The molecule has 6 nitrogen and oxygen atoms in total. The van der Waals surface area contributed by atoms with Crippen LogP contribution in [0.2, 0.25) is 0 Å². The molecule has 2 aromatic carbocycles. The van der Waals surface area contributed by atoms with Crippen molar-refractivity contribution in [1.82, 2.24) is 4.57 Å². The van der Waals surface area contributed by atoms with Crippen LogP contribution in [0.15, 0.2) is 53.7 Å². The maximum atomic E-state index is 12.9. The molecule has 6 heteroatoms. The van der Waals surface area contributed by atoms with Crippen LogP contribution in [0.4, 0.5) is 5.69 Å². The molecule has 0 saturated carbocycles. The average Bonchev–Trinajstić information content (AvgIpc) is 2.91. The Bertz CT molecular complexity index is 1030. The van der Waals surface area contributed by atoms with Crippen molar-refractivity contribution in [2.24, 2.45) is 5.16 Å². The number of fused-ring (bicyclic) bond motifs is 1. The Labute approximate surface area is 150 Å². The lowest BCUT2D eigenvalue weighted by atomic mass is 10.0. The van der Waals surface area contributed by atoms with Gasteiger partial charge < -0.3 is 15.1 Å². The first-order valence-electron chi connectivity index (χ1n) is 8.13. The molecule has 1 aromatic heterocycles. The molecule has 0 spiro atoms. The van der Waals surface area contributed by atoms with Gasteiger partial charge in [-0.1, -0.05) is 23.4 Å². The molecule has 0 bridgehead atoms. The molecule has 26 heavy (non-hydrogen) atoms. The van der Waals surface area contributed by atoms with E-state index < -0.39 is 5.97 Å². The molecule has 2 N–H and O–H groups in total. The summed E-state index contributed by atoms with van der Waals surface area (Å²) in [5.41, 5.74) is 9.69. The smallest absolute Gasteiger partial charge is 0.331 e. The number of aromatic nitrogens is 1. The van der Waals surface area contributed by atoms with Crippen LogP contribution in [-0.2, 0) is 9.63 Å². The van der Waals surface area contributed by atoms with Gasteiger partial charge >= 0.3 is 5.97 Å². The summed E-state index contributed by atoms with van der Waals surface area (Å²) in [5.74, 6) is -0.854. The number of anilines is 1. The number of hydrogen-bond acceptors (Lipinski definition) is 5. The van der Waals surface area contributed by atoms with E-state index in [1.807, 2.05) is 60.0 Å². The molecule has 0 unspecified atom stereocenters. The largest absolute Gasteiger partial charge is 0.399 e. The molecule has 0 radical (unpaired) electrons. The molecule has 1 heterocycles. The van der Waals surface area contributed by atoms with Crippen molar-refractivity contribution in [3.05, 3.63) is 59.8 Å². The first-order valence-corrected chi connectivity index (χ1v) is 8.13. The van der Waals surface area contributed by atoms with Crippen molar-refractivity contribution in [2.75, 3.05) is 5.73 Å². The third kappa shape index (κ3) is 3.09. The van der Waals surface area contributed by atoms with Crippen LogP contribution in [0.1, 0.15) is 29.9 Å². The Hall–Kier alpha value is -3.41. The molecule has 0 aliphatic heterocycles. The highest BCUT2D eigenvalue weighted by molar-refractivity contribution is 6.47. The highest BCUT2D eigenvalue weighted by atomic mass is 16.7. The summed E-state index contributed by atoms with van der Waals surface area (Å²) in [6.45, 7) is 4.64. The van der Waals surface area contributed by atoms with E-state index in [0.29, 0.717) is 11.3 Å². The van der Waals surface area contributed by atoms with E-state index in [1.54, 1.807) is 0 Å². The second-order valence-electron chi connectivity index (χ2n) is 5.99. The lowest BCUT2D eigenvalue weighted by molar-refractivity contribution is -0.140. The number of rotatable bonds is 4. The first kappa shape index (κ1) is 17.4. The third-order valence-corrected chi connectivity index (χ3v) is 4.13. The molecule has 0 saturated heterocycles. The number of nitrogens with two attached hydrogens (primary N) is 1. The van der Waals surface area contributed by atoms with Crippen LogP contribution in [0.3, 0.4) is 0 Å². The third-order valence-electron chi connectivity index (χ3n) is 4.13. The van der Waals surface area contributed by atoms with Gasteiger partial charge in [-0.25, -0.2) is 4.79 Å². The maximum Gasteiger partial charge on any atom is 0.331 e. The van der Waals surface area contributed by atoms with Crippen molar-refractivity contribution in [3.8, 4) is 5.69 Å². The van der Waals surface area contributed by atoms with Crippen molar-refractivity contribution < 1.29 is 14.4 Å². The molecular weight excluding hydrogens is 330 g/mol. The fraction of sp³-hybridized carbons (Fsp3) is 0.150. The minimum absolute atomic E-state index is 0.114. The molecule has 3 rings (SSSR count). The normalized spacial score (nSPS) is 11.6. The summed E-state index contributed by atoms with van der Waals surface area (Å²) in [5, 5.41) is 4.44. The number of carbonyl (C=O) groups excluding carboxylic acids is 2. The summed E-state index contributed by atoms with van der Waals surface area (Å²) in [7, 11) is 0. The summed E-state index contributed by atoms with van der Waals surface area (Å²) in [6, 6.07) is 15.1. The molecule has 0 aliphatic carbocycles. The van der Waals surface area contributed by atoms with E-state index in [2.05, 4.69) is 9.99 Å². The second-order valence-corrected chi connectivity index (χ2v) is 5.99. The van der Waals surface area contributed by atoms with Crippen molar-refractivity contribution in [2.45, 2.75) is 20.8 Å². The summed E-state index contributed by atoms with van der Waals surface area (Å²) in [6.07, 6.45) is 0. The Morgan fingerprint density at radius 1 is 1.04 bits per heavy atom. The van der Waals surface area contributed by atoms with Crippen LogP contribution >= 0.6 is 0 Å². The minimum Gasteiger partial charge on any atom is -0.399 e. The highest BCUT2D eigenvalue weighted by Crippen LogP contribution is 2.30. The molecular formula is C20H19N3O3. The van der Waals surface area contributed by atoms with Gasteiger partial charge in [0.15, 0.2) is 0 Å². The zero-order valence-electron chi connectivity index (χ0n) is 14.8. The van der Waals surface area contributed by atoms with Gasteiger partial charge in [-0.05, 0) is 44.2 Å².